The van der Waals surface area contributed by atoms with Gasteiger partial charge in [-0.2, -0.15) is 0 Å². The number of para-hydroxylation sites is 2. The van der Waals surface area contributed by atoms with Crippen LogP contribution in [0.4, 0.5) is 5.95 Å². The molecule has 4 nitrogen and oxygen atoms in total. The van der Waals surface area contributed by atoms with Crippen LogP contribution in [-0.2, 0) is 7.05 Å². The van der Waals surface area contributed by atoms with Crippen molar-refractivity contribution in [1.82, 2.24) is 9.55 Å². The molecule has 16 heavy (non-hydrogen) atoms. The first-order valence-electron chi connectivity index (χ1n) is 4.74. The summed E-state index contributed by atoms with van der Waals surface area (Å²) < 4.78 is 1.91. The van der Waals surface area contributed by atoms with Gasteiger partial charge in [0.2, 0.25) is 5.95 Å². The van der Waals surface area contributed by atoms with Gasteiger partial charge < -0.3 is 15.0 Å². The summed E-state index contributed by atoms with van der Waals surface area (Å²) in [5.74, 6) is 0.659. The molecule has 0 atom stereocenters. The molecule has 0 spiro atoms. The second kappa shape index (κ2) is 4.32. The SMILES string of the molecule is Cn1c(N/C=C(/O)C=S)nc2ccccc21. The number of aromatic nitrogens is 2. The number of hydrogen-bond acceptors (Lipinski definition) is 4. The maximum absolute atomic E-state index is 9.19. The van der Waals surface area contributed by atoms with E-state index in [2.05, 4.69) is 22.5 Å². The lowest BCUT2D eigenvalue weighted by molar-refractivity contribution is 0.447. The second-order valence-corrected chi connectivity index (χ2v) is 3.55. The van der Waals surface area contributed by atoms with Crippen molar-refractivity contribution in [3.63, 3.8) is 0 Å². The van der Waals surface area contributed by atoms with E-state index in [0.717, 1.165) is 11.0 Å². The molecule has 0 aliphatic heterocycles. The predicted octanol–water partition coefficient (Wildman–Crippen LogP) is 2.38. The Morgan fingerprint density at radius 1 is 1.50 bits per heavy atom. The number of allylic oxidation sites excluding steroid dienone is 1. The minimum absolute atomic E-state index is 0.00190. The highest BCUT2D eigenvalue weighted by Gasteiger charge is 2.04. The Labute approximate surface area is 98.2 Å². The van der Waals surface area contributed by atoms with E-state index in [1.54, 1.807) is 0 Å². The Morgan fingerprint density at radius 3 is 2.94 bits per heavy atom. The van der Waals surface area contributed by atoms with Crippen molar-refractivity contribution >= 4 is 34.6 Å². The van der Waals surface area contributed by atoms with Crippen molar-refractivity contribution in [3.8, 4) is 0 Å². The van der Waals surface area contributed by atoms with Crippen LogP contribution in [0.2, 0.25) is 0 Å². The Bertz CT molecular complexity index is 559. The summed E-state index contributed by atoms with van der Waals surface area (Å²) in [5, 5.41) is 13.3. The van der Waals surface area contributed by atoms with Gasteiger partial charge in [0.05, 0.1) is 11.0 Å². The maximum Gasteiger partial charge on any atom is 0.207 e. The van der Waals surface area contributed by atoms with Gasteiger partial charge >= 0.3 is 0 Å². The quantitative estimate of drug-likeness (QED) is 0.485. The van der Waals surface area contributed by atoms with Crippen LogP contribution in [0.25, 0.3) is 11.0 Å². The van der Waals surface area contributed by atoms with Crippen LogP contribution in [-0.4, -0.2) is 20.0 Å². The van der Waals surface area contributed by atoms with E-state index in [1.807, 2.05) is 35.9 Å². The Kier molecular flexibility index (Phi) is 2.87. The fraction of sp³-hybridized carbons (Fsp3) is 0.0909. The van der Waals surface area contributed by atoms with Crippen molar-refractivity contribution in [1.29, 1.82) is 0 Å². The Balaban J connectivity index is 2.38. The number of rotatable bonds is 3. The van der Waals surface area contributed by atoms with Gasteiger partial charge in [0, 0.05) is 18.6 Å². The van der Waals surface area contributed by atoms with Crippen LogP contribution < -0.4 is 5.32 Å². The molecule has 0 saturated heterocycles. The molecule has 2 aromatic rings. The number of benzene rings is 1. The van der Waals surface area contributed by atoms with E-state index in [-0.39, 0.29) is 5.76 Å². The number of hydrogen-bond donors (Lipinski definition) is 2. The van der Waals surface area contributed by atoms with Crippen LogP contribution in [0.1, 0.15) is 0 Å². The molecule has 0 radical (unpaired) electrons. The number of nitrogens with zero attached hydrogens (tertiary/aromatic N) is 2. The monoisotopic (exact) mass is 233 g/mol. The summed E-state index contributed by atoms with van der Waals surface area (Å²) in [4.78, 5) is 4.37. The zero-order valence-electron chi connectivity index (χ0n) is 8.71. The number of nitrogens with one attached hydrogen (secondary N) is 1. The molecule has 0 unspecified atom stereocenters. The molecule has 0 aliphatic carbocycles. The lowest BCUT2D eigenvalue weighted by Crippen LogP contribution is -1.99. The van der Waals surface area contributed by atoms with Crippen LogP contribution >= 0.6 is 12.2 Å². The number of aliphatic hydroxyl groups is 1. The van der Waals surface area contributed by atoms with Gasteiger partial charge in [-0.15, -0.1) is 0 Å². The molecular weight excluding hydrogens is 222 g/mol. The van der Waals surface area contributed by atoms with Crippen LogP contribution in [0.15, 0.2) is 36.2 Å². The van der Waals surface area contributed by atoms with Crippen molar-refractivity contribution in [3.05, 3.63) is 36.2 Å². The van der Waals surface area contributed by atoms with Gasteiger partial charge in [-0.25, -0.2) is 4.98 Å². The van der Waals surface area contributed by atoms with Crippen LogP contribution in [0.5, 0.6) is 0 Å². The summed E-state index contributed by atoms with van der Waals surface area (Å²) in [6.07, 6.45) is 1.41. The van der Waals surface area contributed by atoms with E-state index in [1.165, 1.54) is 11.6 Å². The molecule has 0 aliphatic rings. The first-order chi connectivity index (χ1) is 7.72. The number of thiocarbonyl (C=S) groups is 1. The molecule has 0 saturated carbocycles. The number of imidazole rings is 1. The van der Waals surface area contributed by atoms with Gasteiger partial charge in [0.25, 0.3) is 0 Å². The maximum atomic E-state index is 9.19. The third kappa shape index (κ3) is 1.90. The number of aryl methyl sites for hydroxylation is 1. The van der Waals surface area contributed by atoms with Crippen LogP contribution in [0.3, 0.4) is 0 Å². The second-order valence-electron chi connectivity index (χ2n) is 3.31. The average Bonchev–Trinajstić information content (AvgIpc) is 2.64. The molecule has 0 amide bonds. The summed E-state index contributed by atoms with van der Waals surface area (Å²) in [6, 6.07) is 7.81. The van der Waals surface area contributed by atoms with E-state index >= 15 is 0 Å². The summed E-state index contributed by atoms with van der Waals surface area (Å²) in [6.45, 7) is 0. The van der Waals surface area contributed by atoms with Crippen molar-refractivity contribution in [2.45, 2.75) is 0 Å². The van der Waals surface area contributed by atoms with Crippen molar-refractivity contribution in [2.75, 3.05) is 5.32 Å². The highest BCUT2D eigenvalue weighted by atomic mass is 32.1. The van der Waals surface area contributed by atoms with Crippen molar-refractivity contribution < 1.29 is 5.11 Å². The Hall–Kier alpha value is -1.88. The highest BCUT2D eigenvalue weighted by molar-refractivity contribution is 7.79. The largest absolute Gasteiger partial charge is 0.506 e. The molecule has 1 heterocycles. The molecule has 1 aromatic carbocycles. The number of anilines is 1. The topological polar surface area (TPSA) is 50.1 Å². The van der Waals surface area contributed by atoms with Crippen molar-refractivity contribution in [2.24, 2.45) is 7.05 Å². The summed E-state index contributed by atoms with van der Waals surface area (Å²) in [5.41, 5.74) is 1.93. The lowest BCUT2D eigenvalue weighted by Gasteiger charge is -2.00. The first-order valence-corrected chi connectivity index (χ1v) is 5.22. The van der Waals surface area contributed by atoms with E-state index in [0.29, 0.717) is 5.95 Å². The standard InChI is InChI=1S/C11H11N3OS/c1-14-10-5-3-2-4-9(10)13-11(14)12-6-8(15)7-16/h2-7,15H,1H3,(H,12,13)/b8-6+. The van der Waals surface area contributed by atoms with Gasteiger partial charge in [-0.05, 0) is 12.1 Å². The van der Waals surface area contributed by atoms with E-state index in [4.69, 9.17) is 0 Å². The van der Waals surface area contributed by atoms with Crippen LogP contribution in [0, 0.1) is 0 Å². The van der Waals surface area contributed by atoms with Gasteiger partial charge in [0.15, 0.2) is 0 Å². The molecule has 0 bridgehead atoms. The van der Waals surface area contributed by atoms with Gasteiger partial charge in [0.1, 0.15) is 5.76 Å². The Morgan fingerprint density at radius 2 is 2.25 bits per heavy atom. The number of fused-ring (bicyclic) bond motifs is 1. The molecule has 5 heteroatoms. The fourth-order valence-electron chi connectivity index (χ4n) is 1.45. The predicted molar refractivity (Wildman–Crippen MR) is 68.7 cm³/mol. The lowest BCUT2D eigenvalue weighted by atomic mass is 10.3. The smallest absolute Gasteiger partial charge is 0.207 e. The summed E-state index contributed by atoms with van der Waals surface area (Å²) >= 11 is 4.58. The zero-order chi connectivity index (χ0) is 11.5. The first kappa shape index (κ1) is 10.6. The number of aliphatic hydroxyl groups excluding tert-OH is 1. The summed E-state index contributed by atoms with van der Waals surface area (Å²) in [7, 11) is 1.90. The molecule has 2 N–H and O–H groups in total. The van der Waals surface area contributed by atoms with Gasteiger partial charge in [-0.1, -0.05) is 24.4 Å². The van der Waals surface area contributed by atoms with Gasteiger partial charge in [-0.3, -0.25) is 0 Å². The molecule has 1 aromatic heterocycles. The molecule has 2 rings (SSSR count). The van der Waals surface area contributed by atoms with E-state index < -0.39 is 0 Å². The third-order valence-corrected chi connectivity index (χ3v) is 2.50. The molecule has 0 fully saturated rings. The molecular formula is C11H11N3OS. The molecule has 82 valence electrons. The third-order valence-electron chi connectivity index (χ3n) is 2.26. The fourth-order valence-corrected chi connectivity index (χ4v) is 1.52. The van der Waals surface area contributed by atoms with E-state index in [9.17, 15) is 5.11 Å². The highest BCUT2D eigenvalue weighted by Crippen LogP contribution is 2.17. The minimum atomic E-state index is 0.00190. The average molecular weight is 233 g/mol. The zero-order valence-corrected chi connectivity index (χ0v) is 9.53. The normalized spacial score (nSPS) is 11.7. The minimum Gasteiger partial charge on any atom is -0.506 e.